The minimum Gasteiger partial charge on any atom is -0.480 e. The van der Waals surface area contributed by atoms with E-state index in [1.165, 1.54) is 19.6 Å². The van der Waals surface area contributed by atoms with Crippen molar-refractivity contribution in [1.82, 2.24) is 4.90 Å². The fraction of sp³-hybridized carbons (Fsp3) is 0.917. The largest absolute Gasteiger partial charge is 0.480 e. The van der Waals surface area contributed by atoms with Gasteiger partial charge in [0, 0.05) is 0 Å². The van der Waals surface area contributed by atoms with Crippen molar-refractivity contribution < 1.29 is 30.0 Å². The van der Waals surface area contributed by atoms with Crippen LogP contribution in [0.1, 0.15) is 86.0 Å². The molecule has 0 fully saturated rings. The Morgan fingerprint density at radius 1 is 0.771 bits per heavy atom. The molecule has 214 valence electrons. The smallest absolute Gasteiger partial charge is 0.320 e. The number of rotatable bonds is 16. The average Bonchev–Trinajstić information content (AvgIpc) is 2.85. The molecular weight excluding hydrogens is 454 g/mol. The van der Waals surface area contributed by atoms with Crippen molar-refractivity contribution in [2.75, 3.05) is 39.4 Å². The summed E-state index contributed by atoms with van der Waals surface area (Å²) in [5.41, 5.74) is 20.3. The van der Waals surface area contributed by atoms with E-state index in [4.69, 9.17) is 43.4 Å². The van der Waals surface area contributed by atoms with Crippen LogP contribution in [-0.4, -0.2) is 94.3 Å². The zero-order chi connectivity index (χ0) is 28.3. The van der Waals surface area contributed by atoms with Crippen molar-refractivity contribution in [3.8, 4) is 0 Å². The fourth-order valence-electron chi connectivity index (χ4n) is 2.31. The number of aliphatic carboxylic acids is 2. The SMILES string of the molecule is CCC(N)(CO)CO.CCCCC[C@H](N)C(=O)O.CCN(CC)CC.NCCCC[C@@H](N)C(=O)O. The van der Waals surface area contributed by atoms with Gasteiger partial charge in [0.1, 0.15) is 12.1 Å². The van der Waals surface area contributed by atoms with Crippen molar-refractivity contribution in [1.29, 1.82) is 0 Å². The van der Waals surface area contributed by atoms with Gasteiger partial charge in [-0.3, -0.25) is 9.59 Å². The van der Waals surface area contributed by atoms with Gasteiger partial charge in [0.15, 0.2) is 0 Å². The van der Waals surface area contributed by atoms with E-state index in [-0.39, 0.29) is 13.2 Å². The van der Waals surface area contributed by atoms with Gasteiger partial charge in [-0.05, 0) is 51.9 Å². The molecule has 0 aromatic carbocycles. The molecule has 0 aliphatic carbocycles. The summed E-state index contributed by atoms with van der Waals surface area (Å²) in [6, 6.07) is -1.38. The predicted molar refractivity (Wildman–Crippen MR) is 143 cm³/mol. The third-order valence-corrected chi connectivity index (χ3v) is 5.40. The maximum Gasteiger partial charge on any atom is 0.320 e. The molecule has 0 saturated carbocycles. The summed E-state index contributed by atoms with van der Waals surface area (Å²) in [6.07, 6.45) is 6.46. The number of carboxylic acid groups (broad SMARTS) is 2. The Labute approximate surface area is 213 Å². The number of nitrogens with zero attached hydrogens (tertiary/aromatic N) is 1. The van der Waals surface area contributed by atoms with Gasteiger partial charge in [0.2, 0.25) is 0 Å². The standard InChI is InChI=1S/C7H15NO2.C6H14N2O2.C6H15N.C5H13NO2/c1-2-3-4-5-6(8)7(9)10;7-4-2-1-3-5(8)6(9)10;1-4-7(5-2)6-3;1-2-5(6,3-7)4-8/h6H,2-5,8H2,1H3,(H,9,10);5H,1-4,7-8H2,(H,9,10);4-6H2,1-3H3;7-8H,2-4,6H2,1H3/t6-;5-;;/m01../s1. The molecule has 0 heterocycles. The third-order valence-electron chi connectivity index (χ3n) is 5.40. The van der Waals surface area contributed by atoms with E-state index in [1.807, 2.05) is 6.92 Å². The lowest BCUT2D eigenvalue weighted by molar-refractivity contribution is -0.139. The number of carboxylic acids is 2. The molecule has 0 rings (SSSR count). The monoisotopic (exact) mass is 511 g/mol. The van der Waals surface area contributed by atoms with Crippen LogP contribution < -0.4 is 22.9 Å². The van der Waals surface area contributed by atoms with Crippen molar-refractivity contribution in [2.45, 2.75) is 104 Å². The lowest BCUT2D eigenvalue weighted by atomic mass is 10.0. The second-order valence-electron chi connectivity index (χ2n) is 8.32. The topological polar surface area (TPSA) is 222 Å². The maximum absolute atomic E-state index is 10.2. The Bertz CT molecular complexity index is 424. The molecule has 0 amide bonds. The lowest BCUT2D eigenvalue weighted by Crippen LogP contribution is -2.46. The highest BCUT2D eigenvalue weighted by Gasteiger charge is 2.19. The van der Waals surface area contributed by atoms with Gasteiger partial charge in [-0.2, -0.15) is 0 Å². The summed E-state index contributed by atoms with van der Waals surface area (Å²) in [5.74, 6) is -1.83. The van der Waals surface area contributed by atoms with Gasteiger partial charge in [-0.15, -0.1) is 0 Å². The lowest BCUT2D eigenvalue weighted by Gasteiger charge is -2.21. The van der Waals surface area contributed by atoms with Crippen LogP contribution in [0.2, 0.25) is 0 Å². The Kier molecular flexibility index (Phi) is 33.7. The summed E-state index contributed by atoms with van der Waals surface area (Å²) in [5, 5.41) is 33.7. The summed E-state index contributed by atoms with van der Waals surface area (Å²) in [6.45, 7) is 14.3. The van der Waals surface area contributed by atoms with E-state index in [0.29, 0.717) is 25.8 Å². The molecule has 0 unspecified atom stereocenters. The quantitative estimate of drug-likeness (QED) is 0.136. The molecule has 0 saturated heterocycles. The van der Waals surface area contributed by atoms with Gasteiger partial charge in [0.25, 0.3) is 0 Å². The first kappa shape index (κ1) is 40.8. The van der Waals surface area contributed by atoms with Crippen molar-refractivity contribution in [3.63, 3.8) is 0 Å². The first-order chi connectivity index (χ1) is 16.4. The molecule has 11 heteroatoms. The van der Waals surface area contributed by atoms with Crippen LogP contribution in [0.25, 0.3) is 0 Å². The minimum absolute atomic E-state index is 0.153. The number of aliphatic hydroxyl groups is 2. The summed E-state index contributed by atoms with van der Waals surface area (Å²) in [7, 11) is 0. The Balaban J connectivity index is -0.000000185. The molecule has 11 nitrogen and oxygen atoms in total. The zero-order valence-electron chi connectivity index (χ0n) is 22.9. The van der Waals surface area contributed by atoms with Gasteiger partial charge in [0.05, 0.1) is 18.8 Å². The molecular formula is C24H57N5O6. The van der Waals surface area contributed by atoms with E-state index in [2.05, 4.69) is 32.6 Å². The molecule has 0 radical (unpaired) electrons. The Morgan fingerprint density at radius 2 is 1.14 bits per heavy atom. The van der Waals surface area contributed by atoms with Crippen LogP contribution in [0, 0.1) is 0 Å². The van der Waals surface area contributed by atoms with Crippen LogP contribution in [0.4, 0.5) is 0 Å². The predicted octanol–water partition coefficient (Wildman–Crippen LogP) is 0.933. The van der Waals surface area contributed by atoms with Crippen molar-refractivity contribution in [3.05, 3.63) is 0 Å². The third kappa shape index (κ3) is 30.6. The number of unbranched alkanes of at least 4 members (excludes halogenated alkanes) is 3. The van der Waals surface area contributed by atoms with Crippen LogP contribution in [0.3, 0.4) is 0 Å². The van der Waals surface area contributed by atoms with E-state index in [9.17, 15) is 9.59 Å². The normalized spacial score (nSPS) is 12.2. The van der Waals surface area contributed by atoms with Gasteiger partial charge in [-0.1, -0.05) is 60.3 Å². The van der Waals surface area contributed by atoms with E-state index < -0.39 is 29.6 Å². The summed E-state index contributed by atoms with van der Waals surface area (Å²) in [4.78, 5) is 22.7. The molecule has 0 aromatic rings. The highest BCUT2D eigenvalue weighted by atomic mass is 16.4. The molecule has 0 spiro atoms. The molecule has 35 heavy (non-hydrogen) atoms. The summed E-state index contributed by atoms with van der Waals surface area (Å²) < 4.78 is 0. The highest BCUT2D eigenvalue weighted by molar-refractivity contribution is 5.73. The highest BCUT2D eigenvalue weighted by Crippen LogP contribution is 2.02. The molecule has 0 bridgehead atoms. The van der Waals surface area contributed by atoms with E-state index in [1.54, 1.807) is 0 Å². The number of nitrogens with two attached hydrogens (primary N) is 4. The summed E-state index contributed by atoms with van der Waals surface area (Å²) >= 11 is 0. The van der Waals surface area contributed by atoms with Crippen LogP contribution in [0.15, 0.2) is 0 Å². The Hall–Kier alpha value is -1.34. The van der Waals surface area contributed by atoms with Gasteiger partial charge < -0.3 is 48.3 Å². The second-order valence-corrected chi connectivity index (χ2v) is 8.32. The van der Waals surface area contributed by atoms with Crippen LogP contribution in [0.5, 0.6) is 0 Å². The molecule has 2 atom stereocenters. The Morgan fingerprint density at radius 3 is 1.31 bits per heavy atom. The number of hydrogen-bond donors (Lipinski definition) is 8. The van der Waals surface area contributed by atoms with Gasteiger partial charge in [-0.25, -0.2) is 0 Å². The van der Waals surface area contributed by atoms with E-state index in [0.717, 1.165) is 32.1 Å². The van der Waals surface area contributed by atoms with Crippen LogP contribution in [-0.2, 0) is 9.59 Å². The van der Waals surface area contributed by atoms with E-state index >= 15 is 0 Å². The number of carbonyl (C=O) groups is 2. The molecule has 0 aliphatic rings. The van der Waals surface area contributed by atoms with Crippen molar-refractivity contribution in [2.24, 2.45) is 22.9 Å². The minimum atomic E-state index is -0.933. The molecule has 12 N–H and O–H groups in total. The van der Waals surface area contributed by atoms with Crippen molar-refractivity contribution >= 4 is 11.9 Å². The first-order valence-electron chi connectivity index (χ1n) is 12.8. The number of hydrogen-bond acceptors (Lipinski definition) is 9. The van der Waals surface area contributed by atoms with Crippen LogP contribution >= 0.6 is 0 Å². The van der Waals surface area contributed by atoms with Gasteiger partial charge >= 0.3 is 11.9 Å². The second kappa shape index (κ2) is 28.9. The number of aliphatic hydroxyl groups excluding tert-OH is 2. The zero-order valence-corrected chi connectivity index (χ0v) is 22.9. The maximum atomic E-state index is 10.2. The average molecular weight is 512 g/mol. The molecule has 0 aliphatic heterocycles. The first-order valence-corrected chi connectivity index (χ1v) is 12.8. The fourth-order valence-corrected chi connectivity index (χ4v) is 2.31. The molecule has 0 aromatic heterocycles.